The molecule has 2 N–H and O–H groups in total. The molecule has 2 rings (SSSR count). The maximum absolute atomic E-state index is 12.3. The molecule has 22 heavy (non-hydrogen) atoms. The van der Waals surface area contributed by atoms with E-state index < -0.39 is 0 Å². The molecule has 0 atom stereocenters. The van der Waals surface area contributed by atoms with E-state index in [1.54, 1.807) is 12.3 Å². The number of nitrogens with one attached hydrogen (secondary N) is 2. The van der Waals surface area contributed by atoms with Crippen LogP contribution in [-0.4, -0.2) is 17.4 Å². The first-order valence-corrected chi connectivity index (χ1v) is 7.68. The number of amides is 1. The van der Waals surface area contributed by atoms with E-state index in [9.17, 15) is 4.79 Å². The van der Waals surface area contributed by atoms with Crippen LogP contribution < -0.4 is 10.6 Å². The van der Waals surface area contributed by atoms with Crippen molar-refractivity contribution in [1.82, 2.24) is 4.98 Å². The highest BCUT2D eigenvalue weighted by Crippen LogP contribution is 2.16. The van der Waals surface area contributed by atoms with E-state index in [2.05, 4.69) is 22.5 Å². The summed E-state index contributed by atoms with van der Waals surface area (Å²) in [5, 5.41) is 6.19. The molecule has 0 bridgehead atoms. The van der Waals surface area contributed by atoms with E-state index in [0.29, 0.717) is 5.69 Å². The average Bonchev–Trinajstić information content (AvgIpc) is 2.51. The maximum atomic E-state index is 12.3. The lowest BCUT2D eigenvalue weighted by molar-refractivity contribution is 0.102. The van der Waals surface area contributed by atoms with Gasteiger partial charge >= 0.3 is 0 Å². The zero-order valence-electron chi connectivity index (χ0n) is 13.4. The summed E-state index contributed by atoms with van der Waals surface area (Å²) in [5.74, 6) is -0.192. The summed E-state index contributed by atoms with van der Waals surface area (Å²) < 4.78 is 0. The normalized spacial score (nSPS) is 10.3. The van der Waals surface area contributed by atoms with Gasteiger partial charge in [-0.2, -0.15) is 0 Å². The number of unbranched alkanes of at least 4 members (excludes halogenated alkanes) is 1. The van der Waals surface area contributed by atoms with Crippen LogP contribution in [0.15, 0.2) is 36.5 Å². The van der Waals surface area contributed by atoms with Crippen molar-refractivity contribution in [3.63, 3.8) is 0 Å². The van der Waals surface area contributed by atoms with E-state index >= 15 is 0 Å². The van der Waals surface area contributed by atoms with Crippen LogP contribution in [0, 0.1) is 13.8 Å². The van der Waals surface area contributed by atoms with Crippen molar-refractivity contribution >= 4 is 17.3 Å². The van der Waals surface area contributed by atoms with Crippen molar-refractivity contribution in [3.8, 4) is 0 Å². The summed E-state index contributed by atoms with van der Waals surface area (Å²) in [6, 6.07) is 9.54. The standard InChI is InChI=1S/C18H23N3O/c1-4-5-9-19-15-8-10-20-17(12-15)18(22)21-16-7-6-13(2)14(3)11-16/h6-8,10-12H,4-5,9H2,1-3H3,(H,19,20)(H,21,22). The van der Waals surface area contributed by atoms with Crippen LogP contribution in [-0.2, 0) is 0 Å². The van der Waals surface area contributed by atoms with Gasteiger partial charge in [-0.05, 0) is 55.7 Å². The Hall–Kier alpha value is -2.36. The Morgan fingerprint density at radius 1 is 1.09 bits per heavy atom. The second kappa shape index (κ2) is 7.59. The van der Waals surface area contributed by atoms with Crippen LogP contribution in [0.1, 0.15) is 41.4 Å². The fraction of sp³-hybridized carbons (Fsp3) is 0.333. The summed E-state index contributed by atoms with van der Waals surface area (Å²) in [5.41, 5.74) is 4.49. The Labute approximate surface area is 132 Å². The van der Waals surface area contributed by atoms with E-state index in [-0.39, 0.29) is 5.91 Å². The highest BCUT2D eigenvalue weighted by Gasteiger charge is 2.09. The first kappa shape index (κ1) is 16.0. The van der Waals surface area contributed by atoms with Crippen molar-refractivity contribution < 1.29 is 4.79 Å². The molecular weight excluding hydrogens is 274 g/mol. The van der Waals surface area contributed by atoms with E-state index in [1.807, 2.05) is 38.1 Å². The number of hydrogen-bond donors (Lipinski definition) is 2. The lowest BCUT2D eigenvalue weighted by Gasteiger charge is -2.09. The molecule has 4 nitrogen and oxygen atoms in total. The number of benzene rings is 1. The third-order valence-electron chi connectivity index (χ3n) is 3.62. The first-order chi connectivity index (χ1) is 10.6. The van der Waals surface area contributed by atoms with Gasteiger partial charge in [0.2, 0.25) is 0 Å². The third-order valence-corrected chi connectivity index (χ3v) is 3.62. The van der Waals surface area contributed by atoms with Gasteiger partial charge in [-0.1, -0.05) is 19.4 Å². The summed E-state index contributed by atoms with van der Waals surface area (Å²) in [4.78, 5) is 16.4. The summed E-state index contributed by atoms with van der Waals surface area (Å²) >= 11 is 0. The maximum Gasteiger partial charge on any atom is 0.274 e. The Kier molecular flexibility index (Phi) is 5.53. The number of nitrogens with zero attached hydrogens (tertiary/aromatic N) is 1. The number of anilines is 2. The molecule has 0 spiro atoms. The Morgan fingerprint density at radius 2 is 1.91 bits per heavy atom. The van der Waals surface area contributed by atoms with Gasteiger partial charge in [-0.3, -0.25) is 9.78 Å². The molecule has 1 heterocycles. The molecule has 1 aromatic heterocycles. The molecule has 0 radical (unpaired) electrons. The van der Waals surface area contributed by atoms with Crippen molar-refractivity contribution in [3.05, 3.63) is 53.3 Å². The molecule has 4 heteroatoms. The Balaban J connectivity index is 2.05. The minimum Gasteiger partial charge on any atom is -0.385 e. The molecule has 0 aliphatic rings. The van der Waals surface area contributed by atoms with Gasteiger partial charge in [0.05, 0.1) is 0 Å². The van der Waals surface area contributed by atoms with Crippen molar-refractivity contribution in [2.24, 2.45) is 0 Å². The minimum absolute atomic E-state index is 0.192. The number of pyridine rings is 1. The largest absolute Gasteiger partial charge is 0.385 e. The van der Waals surface area contributed by atoms with Gasteiger partial charge in [0, 0.05) is 24.1 Å². The predicted octanol–water partition coefficient (Wildman–Crippen LogP) is 4.16. The molecule has 0 fully saturated rings. The van der Waals surface area contributed by atoms with Crippen LogP contribution >= 0.6 is 0 Å². The lowest BCUT2D eigenvalue weighted by atomic mass is 10.1. The number of hydrogen-bond acceptors (Lipinski definition) is 3. The molecule has 0 aliphatic heterocycles. The van der Waals surface area contributed by atoms with Crippen LogP contribution in [0.4, 0.5) is 11.4 Å². The molecule has 1 aromatic carbocycles. The van der Waals surface area contributed by atoms with E-state index in [1.165, 1.54) is 5.56 Å². The minimum atomic E-state index is -0.192. The van der Waals surface area contributed by atoms with Gasteiger partial charge in [0.25, 0.3) is 5.91 Å². The van der Waals surface area contributed by atoms with Gasteiger partial charge in [-0.15, -0.1) is 0 Å². The van der Waals surface area contributed by atoms with E-state index in [4.69, 9.17) is 0 Å². The second-order valence-electron chi connectivity index (χ2n) is 5.46. The number of carbonyl (C=O) groups is 1. The lowest BCUT2D eigenvalue weighted by Crippen LogP contribution is -2.14. The molecule has 2 aromatic rings. The van der Waals surface area contributed by atoms with Crippen molar-refractivity contribution in [1.29, 1.82) is 0 Å². The fourth-order valence-corrected chi connectivity index (χ4v) is 2.09. The Bertz CT molecular complexity index is 653. The highest BCUT2D eigenvalue weighted by atomic mass is 16.1. The number of aryl methyl sites for hydroxylation is 2. The van der Waals surface area contributed by atoms with Gasteiger partial charge in [-0.25, -0.2) is 0 Å². The zero-order valence-corrected chi connectivity index (χ0v) is 13.4. The SMILES string of the molecule is CCCCNc1ccnc(C(=O)Nc2ccc(C)c(C)c2)c1. The smallest absolute Gasteiger partial charge is 0.274 e. The average molecular weight is 297 g/mol. The number of aromatic nitrogens is 1. The Morgan fingerprint density at radius 3 is 2.64 bits per heavy atom. The van der Waals surface area contributed by atoms with Crippen LogP contribution in [0.2, 0.25) is 0 Å². The zero-order chi connectivity index (χ0) is 15.9. The summed E-state index contributed by atoms with van der Waals surface area (Å²) in [6.07, 6.45) is 3.90. The van der Waals surface area contributed by atoms with Crippen LogP contribution in [0.5, 0.6) is 0 Å². The molecule has 0 saturated heterocycles. The van der Waals surface area contributed by atoms with Crippen molar-refractivity contribution in [2.75, 3.05) is 17.2 Å². The summed E-state index contributed by atoms with van der Waals surface area (Å²) in [6.45, 7) is 7.13. The number of rotatable bonds is 6. The fourth-order valence-electron chi connectivity index (χ4n) is 2.09. The van der Waals surface area contributed by atoms with Gasteiger partial charge in [0.15, 0.2) is 0 Å². The van der Waals surface area contributed by atoms with Crippen molar-refractivity contribution in [2.45, 2.75) is 33.6 Å². The third kappa shape index (κ3) is 4.32. The van der Waals surface area contributed by atoms with Gasteiger partial charge in [0.1, 0.15) is 5.69 Å². The predicted molar refractivity (Wildman–Crippen MR) is 91.5 cm³/mol. The molecule has 0 saturated carbocycles. The first-order valence-electron chi connectivity index (χ1n) is 7.68. The molecule has 0 unspecified atom stereocenters. The molecule has 1 amide bonds. The molecule has 116 valence electrons. The molecular formula is C18H23N3O. The van der Waals surface area contributed by atoms with Crippen LogP contribution in [0.3, 0.4) is 0 Å². The second-order valence-corrected chi connectivity index (χ2v) is 5.46. The highest BCUT2D eigenvalue weighted by molar-refractivity contribution is 6.03. The molecule has 0 aliphatic carbocycles. The van der Waals surface area contributed by atoms with Gasteiger partial charge < -0.3 is 10.6 Å². The van der Waals surface area contributed by atoms with Crippen LogP contribution in [0.25, 0.3) is 0 Å². The van der Waals surface area contributed by atoms with E-state index in [0.717, 1.165) is 36.3 Å². The topological polar surface area (TPSA) is 54.0 Å². The quantitative estimate of drug-likeness (QED) is 0.787. The summed E-state index contributed by atoms with van der Waals surface area (Å²) in [7, 11) is 0. The number of carbonyl (C=O) groups excluding carboxylic acids is 1. The monoisotopic (exact) mass is 297 g/mol.